The van der Waals surface area contributed by atoms with Crippen molar-refractivity contribution in [1.82, 2.24) is 5.32 Å². The molecular formula is C24H29NO6S. The number of amides is 1. The molecule has 0 spiro atoms. The van der Waals surface area contributed by atoms with Gasteiger partial charge in [0.05, 0.1) is 24.6 Å². The Kier molecular flexibility index (Phi) is 9.94. The molecule has 1 atom stereocenters. The molecule has 172 valence electrons. The van der Waals surface area contributed by atoms with Crippen molar-refractivity contribution in [3.05, 3.63) is 51.7 Å². The fourth-order valence-corrected chi connectivity index (χ4v) is 3.64. The number of rotatable bonds is 12. The van der Waals surface area contributed by atoms with Crippen molar-refractivity contribution in [1.29, 1.82) is 0 Å². The smallest absolute Gasteiger partial charge is 0.331 e. The van der Waals surface area contributed by atoms with Crippen LogP contribution in [0.15, 0.2) is 36.4 Å². The van der Waals surface area contributed by atoms with E-state index >= 15 is 0 Å². The minimum absolute atomic E-state index is 0.142. The van der Waals surface area contributed by atoms with Crippen LogP contribution in [-0.2, 0) is 20.9 Å². The summed E-state index contributed by atoms with van der Waals surface area (Å²) in [6.07, 6.45) is 2.83. The van der Waals surface area contributed by atoms with Gasteiger partial charge in [0.1, 0.15) is 0 Å². The molecule has 1 unspecified atom stereocenters. The standard InChI is InChI=1S/C24H29NO6S/c1-5-13-30-20-10-7-18(14-21(20)29-6-2)8-12-23(27)31-16(3)24(28)22-11-9-19(32-22)15-25-17(4)26/h7-12,14,16H,5-6,13,15H2,1-4H3,(H,25,26)/b12-8+. The predicted octanol–water partition coefficient (Wildman–Crippen LogP) is 4.40. The first-order valence-electron chi connectivity index (χ1n) is 10.5. The molecule has 0 fully saturated rings. The van der Waals surface area contributed by atoms with Gasteiger partial charge < -0.3 is 19.5 Å². The summed E-state index contributed by atoms with van der Waals surface area (Å²) >= 11 is 1.26. The average Bonchev–Trinajstić information content (AvgIpc) is 3.24. The molecule has 1 aromatic carbocycles. The van der Waals surface area contributed by atoms with Crippen LogP contribution in [-0.4, -0.2) is 37.0 Å². The second-order valence-corrected chi connectivity index (χ2v) is 8.11. The van der Waals surface area contributed by atoms with Crippen molar-refractivity contribution in [2.24, 2.45) is 0 Å². The number of ketones is 1. The van der Waals surface area contributed by atoms with E-state index in [9.17, 15) is 14.4 Å². The number of hydrogen-bond acceptors (Lipinski definition) is 7. The molecule has 7 nitrogen and oxygen atoms in total. The number of Topliss-reactive ketones (excluding diaryl/α,β-unsaturated/α-hetero) is 1. The molecule has 1 heterocycles. The Morgan fingerprint density at radius 1 is 1.09 bits per heavy atom. The summed E-state index contributed by atoms with van der Waals surface area (Å²) in [4.78, 5) is 37.1. The lowest BCUT2D eigenvalue weighted by molar-refractivity contribution is -0.140. The Balaban J connectivity index is 1.96. The number of carbonyl (C=O) groups excluding carboxylic acids is 3. The first-order chi connectivity index (χ1) is 15.3. The van der Waals surface area contributed by atoms with Crippen LogP contribution in [0.5, 0.6) is 11.5 Å². The highest BCUT2D eigenvalue weighted by Gasteiger charge is 2.20. The quantitative estimate of drug-likeness (QED) is 0.287. The summed E-state index contributed by atoms with van der Waals surface area (Å²) in [6.45, 7) is 8.32. The van der Waals surface area contributed by atoms with Crippen molar-refractivity contribution in [2.75, 3.05) is 13.2 Å². The number of nitrogens with one attached hydrogen (secondary N) is 1. The van der Waals surface area contributed by atoms with Crippen LogP contribution in [0, 0.1) is 0 Å². The van der Waals surface area contributed by atoms with E-state index in [1.165, 1.54) is 31.3 Å². The van der Waals surface area contributed by atoms with Crippen LogP contribution >= 0.6 is 11.3 Å². The van der Waals surface area contributed by atoms with Crippen LogP contribution in [0.4, 0.5) is 0 Å². The summed E-state index contributed by atoms with van der Waals surface area (Å²) in [7, 11) is 0. The fraction of sp³-hybridized carbons (Fsp3) is 0.375. The van der Waals surface area contributed by atoms with Crippen molar-refractivity contribution in [3.8, 4) is 11.5 Å². The van der Waals surface area contributed by atoms with E-state index < -0.39 is 12.1 Å². The van der Waals surface area contributed by atoms with E-state index in [2.05, 4.69) is 5.32 Å². The maximum absolute atomic E-state index is 12.5. The zero-order valence-electron chi connectivity index (χ0n) is 18.8. The van der Waals surface area contributed by atoms with E-state index in [0.29, 0.717) is 36.1 Å². The van der Waals surface area contributed by atoms with E-state index in [1.807, 2.05) is 19.9 Å². The monoisotopic (exact) mass is 459 g/mol. The second kappa shape index (κ2) is 12.7. The lowest BCUT2D eigenvalue weighted by Crippen LogP contribution is -2.22. The van der Waals surface area contributed by atoms with Gasteiger partial charge in [-0.25, -0.2) is 4.79 Å². The molecule has 0 saturated heterocycles. The van der Waals surface area contributed by atoms with E-state index in [-0.39, 0.29) is 11.7 Å². The van der Waals surface area contributed by atoms with Crippen molar-refractivity contribution in [3.63, 3.8) is 0 Å². The molecule has 1 amide bonds. The Morgan fingerprint density at radius 3 is 2.56 bits per heavy atom. The molecule has 0 aliphatic rings. The number of esters is 1. The predicted molar refractivity (Wildman–Crippen MR) is 124 cm³/mol. The third-order valence-electron chi connectivity index (χ3n) is 4.22. The lowest BCUT2D eigenvalue weighted by atomic mass is 10.2. The molecule has 0 bridgehead atoms. The van der Waals surface area contributed by atoms with Crippen molar-refractivity contribution in [2.45, 2.75) is 46.8 Å². The summed E-state index contributed by atoms with van der Waals surface area (Å²) in [5, 5.41) is 2.68. The van der Waals surface area contributed by atoms with Crippen LogP contribution < -0.4 is 14.8 Å². The molecular weight excluding hydrogens is 430 g/mol. The van der Waals surface area contributed by atoms with Gasteiger partial charge in [-0.1, -0.05) is 13.0 Å². The zero-order chi connectivity index (χ0) is 23.5. The highest BCUT2D eigenvalue weighted by atomic mass is 32.1. The maximum Gasteiger partial charge on any atom is 0.331 e. The average molecular weight is 460 g/mol. The maximum atomic E-state index is 12.5. The number of thiophene rings is 1. The zero-order valence-corrected chi connectivity index (χ0v) is 19.6. The van der Waals surface area contributed by atoms with Gasteiger partial charge in [-0.05, 0) is 56.2 Å². The highest BCUT2D eigenvalue weighted by Crippen LogP contribution is 2.29. The summed E-state index contributed by atoms with van der Waals surface area (Å²) < 4.78 is 16.5. The molecule has 2 rings (SSSR count). The molecule has 0 saturated carbocycles. The van der Waals surface area contributed by atoms with Gasteiger partial charge in [0, 0.05) is 17.9 Å². The number of carbonyl (C=O) groups is 3. The van der Waals surface area contributed by atoms with Crippen molar-refractivity contribution >= 4 is 35.1 Å². The third kappa shape index (κ3) is 7.85. The number of benzene rings is 1. The summed E-state index contributed by atoms with van der Waals surface area (Å²) in [5.41, 5.74) is 0.745. The van der Waals surface area contributed by atoms with Gasteiger partial charge in [-0.15, -0.1) is 11.3 Å². The molecule has 32 heavy (non-hydrogen) atoms. The van der Waals surface area contributed by atoms with Gasteiger partial charge >= 0.3 is 5.97 Å². The van der Waals surface area contributed by atoms with E-state index in [1.54, 1.807) is 30.3 Å². The van der Waals surface area contributed by atoms with Gasteiger partial charge in [-0.3, -0.25) is 9.59 Å². The van der Waals surface area contributed by atoms with Gasteiger partial charge in [0.25, 0.3) is 0 Å². The molecule has 0 radical (unpaired) electrons. The lowest BCUT2D eigenvalue weighted by Gasteiger charge is -2.12. The first kappa shape index (κ1) is 25.1. The van der Waals surface area contributed by atoms with Gasteiger partial charge in [0.15, 0.2) is 17.6 Å². The van der Waals surface area contributed by atoms with E-state index in [0.717, 1.165) is 16.9 Å². The van der Waals surface area contributed by atoms with Gasteiger partial charge in [0.2, 0.25) is 11.7 Å². The molecule has 8 heteroatoms. The molecule has 1 N–H and O–H groups in total. The molecule has 1 aromatic heterocycles. The second-order valence-electron chi connectivity index (χ2n) is 6.94. The Bertz CT molecular complexity index is 965. The third-order valence-corrected chi connectivity index (χ3v) is 5.32. The minimum atomic E-state index is -0.928. The molecule has 0 aliphatic carbocycles. The number of hydrogen-bond donors (Lipinski definition) is 1. The molecule has 0 aliphatic heterocycles. The van der Waals surface area contributed by atoms with Crippen LogP contribution in [0.25, 0.3) is 6.08 Å². The van der Waals surface area contributed by atoms with Crippen LogP contribution in [0.2, 0.25) is 0 Å². The molecule has 2 aromatic rings. The minimum Gasteiger partial charge on any atom is -0.490 e. The Hall–Kier alpha value is -3.13. The van der Waals surface area contributed by atoms with Crippen LogP contribution in [0.3, 0.4) is 0 Å². The largest absolute Gasteiger partial charge is 0.490 e. The SMILES string of the molecule is CCCOc1ccc(/C=C/C(=O)OC(C)C(=O)c2ccc(CNC(C)=O)s2)cc1OCC. The highest BCUT2D eigenvalue weighted by molar-refractivity contribution is 7.14. The van der Waals surface area contributed by atoms with Crippen molar-refractivity contribution < 1.29 is 28.6 Å². The summed E-state index contributed by atoms with van der Waals surface area (Å²) in [5.74, 6) is 0.207. The van der Waals surface area contributed by atoms with E-state index in [4.69, 9.17) is 14.2 Å². The Labute approximate surface area is 192 Å². The Morgan fingerprint density at radius 2 is 1.88 bits per heavy atom. The number of ether oxygens (including phenoxy) is 3. The van der Waals surface area contributed by atoms with Crippen LogP contribution in [0.1, 0.15) is 54.2 Å². The fourth-order valence-electron chi connectivity index (χ4n) is 2.68. The topological polar surface area (TPSA) is 90.9 Å². The summed E-state index contributed by atoms with van der Waals surface area (Å²) in [6, 6.07) is 8.84. The normalized spacial score (nSPS) is 11.8. The van der Waals surface area contributed by atoms with Gasteiger partial charge in [-0.2, -0.15) is 0 Å². The first-order valence-corrected chi connectivity index (χ1v) is 11.3.